The summed E-state index contributed by atoms with van der Waals surface area (Å²) < 4.78 is 11.8. The lowest BCUT2D eigenvalue weighted by Gasteiger charge is -2.13. The summed E-state index contributed by atoms with van der Waals surface area (Å²) in [6.07, 6.45) is 1.60. The molecule has 7 nitrogen and oxygen atoms in total. The molecule has 3 rings (SSSR count). The summed E-state index contributed by atoms with van der Waals surface area (Å²) in [7, 11) is 3.09. The van der Waals surface area contributed by atoms with Gasteiger partial charge in [0.2, 0.25) is 0 Å². The highest BCUT2D eigenvalue weighted by Gasteiger charge is 2.22. The zero-order valence-electron chi connectivity index (χ0n) is 14.6. The fourth-order valence-corrected chi connectivity index (χ4v) is 3.78. The summed E-state index contributed by atoms with van der Waals surface area (Å²) in [6, 6.07) is 4.43. The summed E-state index contributed by atoms with van der Waals surface area (Å²) in [6.45, 7) is 1.72. The summed E-state index contributed by atoms with van der Waals surface area (Å²) >= 11 is 1.34. The summed E-state index contributed by atoms with van der Waals surface area (Å²) in [5.41, 5.74) is 1.10. The van der Waals surface area contributed by atoms with Crippen LogP contribution in [0, 0.1) is 0 Å². The Labute approximate surface area is 153 Å². The first-order chi connectivity index (χ1) is 12.5. The molecule has 136 valence electrons. The first-order valence-electron chi connectivity index (χ1n) is 7.95. The first-order valence-corrected chi connectivity index (χ1v) is 8.83. The molecule has 0 spiro atoms. The average molecular weight is 374 g/mol. The summed E-state index contributed by atoms with van der Waals surface area (Å²) in [4.78, 5) is 29.3. The number of fused-ring (bicyclic) bond motifs is 1. The number of aliphatic carboxylic acids is 1. The van der Waals surface area contributed by atoms with E-state index in [1.54, 1.807) is 33.3 Å². The van der Waals surface area contributed by atoms with Gasteiger partial charge in [0.05, 0.1) is 25.9 Å². The molecule has 0 bridgehead atoms. The lowest BCUT2D eigenvalue weighted by molar-refractivity contribution is -0.141. The van der Waals surface area contributed by atoms with E-state index in [4.69, 9.17) is 9.47 Å². The predicted octanol–water partition coefficient (Wildman–Crippen LogP) is 3.18. The summed E-state index contributed by atoms with van der Waals surface area (Å²) in [5.74, 6) is 0.0763. The molecule has 0 fully saturated rings. The quantitative estimate of drug-likeness (QED) is 0.713. The topological polar surface area (TPSA) is 90.7 Å². The molecule has 0 aliphatic carbocycles. The Kier molecular flexibility index (Phi) is 4.94. The molecule has 0 aliphatic rings. The van der Waals surface area contributed by atoms with Gasteiger partial charge in [-0.15, -0.1) is 11.3 Å². The Balaban J connectivity index is 2.22. The number of carboxylic acid groups (broad SMARTS) is 1. The molecule has 0 aliphatic heterocycles. The number of methoxy groups -OCH3 is 2. The van der Waals surface area contributed by atoms with E-state index in [1.165, 1.54) is 22.2 Å². The van der Waals surface area contributed by atoms with Crippen LogP contribution in [-0.2, 0) is 4.79 Å². The van der Waals surface area contributed by atoms with Crippen LogP contribution in [-0.4, -0.2) is 34.8 Å². The van der Waals surface area contributed by atoms with E-state index < -0.39 is 12.0 Å². The van der Waals surface area contributed by atoms with Gasteiger partial charge in [-0.25, -0.2) is 9.78 Å². The molecule has 2 heterocycles. The van der Waals surface area contributed by atoms with Gasteiger partial charge in [0.25, 0.3) is 5.56 Å². The van der Waals surface area contributed by atoms with Crippen molar-refractivity contribution in [2.45, 2.75) is 19.4 Å². The minimum absolute atomic E-state index is 0.290. The highest BCUT2D eigenvalue weighted by Crippen LogP contribution is 2.36. The molecule has 2 aromatic heterocycles. The lowest BCUT2D eigenvalue weighted by Crippen LogP contribution is -2.29. The predicted molar refractivity (Wildman–Crippen MR) is 99.4 cm³/mol. The van der Waals surface area contributed by atoms with Crippen molar-refractivity contribution < 1.29 is 19.4 Å². The third-order valence-electron chi connectivity index (χ3n) is 4.22. The lowest BCUT2D eigenvalue weighted by atomic mass is 10.1. The van der Waals surface area contributed by atoms with Crippen LogP contribution in [0.15, 0.2) is 34.7 Å². The van der Waals surface area contributed by atoms with Crippen LogP contribution in [0.4, 0.5) is 0 Å². The van der Waals surface area contributed by atoms with Gasteiger partial charge in [-0.2, -0.15) is 0 Å². The maximum atomic E-state index is 13.0. The average Bonchev–Trinajstić information content (AvgIpc) is 3.08. The van der Waals surface area contributed by atoms with Gasteiger partial charge in [-0.05, 0) is 24.1 Å². The first kappa shape index (κ1) is 17.9. The van der Waals surface area contributed by atoms with Gasteiger partial charge in [-0.1, -0.05) is 13.0 Å². The number of nitrogens with zero attached hydrogens (tertiary/aromatic N) is 2. The van der Waals surface area contributed by atoms with Crippen molar-refractivity contribution in [1.29, 1.82) is 0 Å². The maximum absolute atomic E-state index is 13.0. The van der Waals surface area contributed by atoms with E-state index >= 15 is 0 Å². The normalized spacial score (nSPS) is 12.1. The highest BCUT2D eigenvalue weighted by atomic mass is 32.1. The van der Waals surface area contributed by atoms with Crippen LogP contribution < -0.4 is 15.0 Å². The van der Waals surface area contributed by atoms with E-state index in [0.29, 0.717) is 27.3 Å². The zero-order chi connectivity index (χ0) is 18.8. The molecule has 3 aromatic rings. The second-order valence-corrected chi connectivity index (χ2v) is 6.48. The van der Waals surface area contributed by atoms with Crippen LogP contribution in [0.1, 0.15) is 19.4 Å². The third kappa shape index (κ3) is 2.92. The molecule has 1 aromatic carbocycles. The molecule has 26 heavy (non-hydrogen) atoms. The maximum Gasteiger partial charge on any atom is 0.326 e. The smallest absolute Gasteiger partial charge is 0.326 e. The van der Waals surface area contributed by atoms with Crippen molar-refractivity contribution in [3.8, 4) is 22.6 Å². The van der Waals surface area contributed by atoms with E-state index in [1.807, 2.05) is 11.4 Å². The standard InChI is InChI=1S/C18H18N2O5S/c1-4-12(18(22)23)20-9-19-16-15(17(20)21)11(8-26-16)10-5-6-13(24-2)14(7-10)25-3/h5-9,12H,4H2,1-3H3,(H,22,23)/t12-/m0/s1. The van der Waals surface area contributed by atoms with Crippen molar-refractivity contribution in [3.05, 3.63) is 40.3 Å². The second kappa shape index (κ2) is 7.17. The van der Waals surface area contributed by atoms with Crippen LogP contribution >= 0.6 is 11.3 Å². The minimum atomic E-state index is -1.06. The SMILES string of the molecule is CC[C@@H](C(=O)O)n1cnc2scc(-c3ccc(OC)c(OC)c3)c2c1=O. The fraction of sp³-hybridized carbons (Fsp3) is 0.278. The Hall–Kier alpha value is -2.87. The Morgan fingerprint density at radius 2 is 2.04 bits per heavy atom. The highest BCUT2D eigenvalue weighted by molar-refractivity contribution is 7.17. The molecule has 1 N–H and O–H groups in total. The van der Waals surface area contributed by atoms with Crippen LogP contribution in [0.3, 0.4) is 0 Å². The number of aromatic nitrogens is 2. The molecule has 8 heteroatoms. The summed E-state index contributed by atoms with van der Waals surface area (Å²) in [5, 5.41) is 11.6. The van der Waals surface area contributed by atoms with Crippen LogP contribution in [0.5, 0.6) is 11.5 Å². The molecule has 1 atom stereocenters. The van der Waals surface area contributed by atoms with E-state index in [2.05, 4.69) is 4.98 Å². The second-order valence-electron chi connectivity index (χ2n) is 5.62. The molecule has 0 saturated carbocycles. The van der Waals surface area contributed by atoms with E-state index in [0.717, 1.165) is 5.56 Å². The number of carboxylic acids is 1. The van der Waals surface area contributed by atoms with Crippen molar-refractivity contribution in [2.24, 2.45) is 0 Å². The van der Waals surface area contributed by atoms with E-state index in [9.17, 15) is 14.7 Å². The molecule has 0 radical (unpaired) electrons. The van der Waals surface area contributed by atoms with Crippen molar-refractivity contribution in [3.63, 3.8) is 0 Å². The number of rotatable bonds is 6. The largest absolute Gasteiger partial charge is 0.493 e. The van der Waals surface area contributed by atoms with Crippen molar-refractivity contribution >= 4 is 27.5 Å². The van der Waals surface area contributed by atoms with Gasteiger partial charge in [0, 0.05) is 10.9 Å². The van der Waals surface area contributed by atoms with Gasteiger partial charge < -0.3 is 14.6 Å². The zero-order valence-corrected chi connectivity index (χ0v) is 15.4. The van der Waals surface area contributed by atoms with Crippen molar-refractivity contribution in [1.82, 2.24) is 9.55 Å². The Bertz CT molecular complexity index is 1020. The van der Waals surface area contributed by atoms with Crippen LogP contribution in [0.2, 0.25) is 0 Å². The molecular weight excluding hydrogens is 356 g/mol. The molecule has 0 unspecified atom stereocenters. The van der Waals surface area contributed by atoms with Gasteiger partial charge in [0.15, 0.2) is 11.5 Å². The Morgan fingerprint density at radius 1 is 1.31 bits per heavy atom. The number of thiophene rings is 1. The van der Waals surface area contributed by atoms with Crippen LogP contribution in [0.25, 0.3) is 21.3 Å². The third-order valence-corrected chi connectivity index (χ3v) is 5.11. The van der Waals surface area contributed by atoms with E-state index in [-0.39, 0.29) is 12.0 Å². The monoisotopic (exact) mass is 374 g/mol. The molecular formula is C18H18N2O5S. The Morgan fingerprint density at radius 3 is 2.65 bits per heavy atom. The number of hydrogen-bond donors (Lipinski definition) is 1. The number of benzene rings is 1. The molecule has 0 saturated heterocycles. The number of carbonyl (C=O) groups is 1. The number of ether oxygens (including phenoxy) is 2. The molecule has 0 amide bonds. The fourth-order valence-electron chi connectivity index (χ4n) is 2.87. The van der Waals surface area contributed by atoms with Gasteiger partial charge in [-0.3, -0.25) is 9.36 Å². The number of hydrogen-bond acceptors (Lipinski definition) is 6. The van der Waals surface area contributed by atoms with Gasteiger partial charge in [0.1, 0.15) is 10.9 Å². The van der Waals surface area contributed by atoms with Crippen molar-refractivity contribution in [2.75, 3.05) is 14.2 Å². The van der Waals surface area contributed by atoms with Gasteiger partial charge >= 0.3 is 5.97 Å². The minimum Gasteiger partial charge on any atom is -0.493 e.